The van der Waals surface area contributed by atoms with Crippen molar-refractivity contribution in [1.82, 2.24) is 5.32 Å². The molecule has 0 heterocycles. The molecule has 0 aliphatic rings. The van der Waals surface area contributed by atoms with Crippen molar-refractivity contribution in [3.63, 3.8) is 0 Å². The smallest absolute Gasteiger partial charge is 0.305 e. The second-order valence-corrected chi connectivity index (χ2v) is 3.42. The number of esters is 1. The molecule has 4 nitrogen and oxygen atoms in total. The van der Waals surface area contributed by atoms with Gasteiger partial charge < -0.3 is 14.8 Å². The number of nitrogens with one attached hydrogen (secondary N) is 1. The Hall–Kier alpha value is -0.610. The highest BCUT2D eigenvalue weighted by atomic mass is 16.5. The molecule has 0 aromatic carbocycles. The van der Waals surface area contributed by atoms with Gasteiger partial charge in [-0.1, -0.05) is 6.92 Å². The standard InChI is InChI=1S/C11H23NO3/c1-4-10(9-14-3)12-8-6-7-11(13)15-5-2/h10,12H,4-9H2,1-3H3. The summed E-state index contributed by atoms with van der Waals surface area (Å²) in [6.45, 7) is 5.95. The van der Waals surface area contributed by atoms with Crippen LogP contribution in [0.5, 0.6) is 0 Å². The highest BCUT2D eigenvalue weighted by Crippen LogP contribution is 1.95. The van der Waals surface area contributed by atoms with Crippen molar-refractivity contribution in [1.29, 1.82) is 0 Å². The van der Waals surface area contributed by atoms with E-state index in [1.807, 2.05) is 6.92 Å². The van der Waals surface area contributed by atoms with E-state index in [-0.39, 0.29) is 5.97 Å². The minimum Gasteiger partial charge on any atom is -0.466 e. The Balaban J connectivity index is 3.39. The topological polar surface area (TPSA) is 47.6 Å². The van der Waals surface area contributed by atoms with Crippen LogP contribution in [0.1, 0.15) is 33.1 Å². The van der Waals surface area contributed by atoms with E-state index >= 15 is 0 Å². The molecule has 0 amide bonds. The van der Waals surface area contributed by atoms with Crippen LogP contribution < -0.4 is 5.32 Å². The summed E-state index contributed by atoms with van der Waals surface area (Å²) < 4.78 is 9.89. The van der Waals surface area contributed by atoms with Crippen LogP contribution in [0, 0.1) is 0 Å². The number of hydrogen-bond donors (Lipinski definition) is 1. The van der Waals surface area contributed by atoms with Gasteiger partial charge in [0.25, 0.3) is 0 Å². The van der Waals surface area contributed by atoms with E-state index in [0.717, 1.165) is 26.0 Å². The van der Waals surface area contributed by atoms with Crippen molar-refractivity contribution in [3.8, 4) is 0 Å². The van der Waals surface area contributed by atoms with Crippen molar-refractivity contribution in [2.45, 2.75) is 39.2 Å². The number of rotatable bonds is 9. The van der Waals surface area contributed by atoms with Crippen LogP contribution in [0.25, 0.3) is 0 Å². The first-order chi connectivity index (χ1) is 7.24. The fourth-order valence-electron chi connectivity index (χ4n) is 1.29. The number of carbonyl (C=O) groups is 1. The summed E-state index contributed by atoms with van der Waals surface area (Å²) in [5.74, 6) is -0.112. The molecule has 0 bridgehead atoms. The van der Waals surface area contributed by atoms with E-state index in [9.17, 15) is 4.79 Å². The van der Waals surface area contributed by atoms with Gasteiger partial charge in [-0.15, -0.1) is 0 Å². The molecule has 0 saturated heterocycles. The largest absolute Gasteiger partial charge is 0.466 e. The van der Waals surface area contributed by atoms with Crippen LogP contribution in [-0.4, -0.2) is 38.9 Å². The maximum absolute atomic E-state index is 11.0. The molecule has 4 heteroatoms. The summed E-state index contributed by atoms with van der Waals surface area (Å²) in [5, 5.41) is 3.34. The van der Waals surface area contributed by atoms with Crippen LogP contribution >= 0.6 is 0 Å². The van der Waals surface area contributed by atoms with Gasteiger partial charge in [0.2, 0.25) is 0 Å². The van der Waals surface area contributed by atoms with Crippen LogP contribution in [0.2, 0.25) is 0 Å². The highest BCUT2D eigenvalue weighted by molar-refractivity contribution is 5.69. The van der Waals surface area contributed by atoms with Crippen LogP contribution in [-0.2, 0) is 14.3 Å². The predicted molar refractivity (Wildman–Crippen MR) is 59.8 cm³/mol. The van der Waals surface area contributed by atoms with E-state index in [4.69, 9.17) is 9.47 Å². The zero-order valence-electron chi connectivity index (χ0n) is 10.0. The Morgan fingerprint density at radius 2 is 2.13 bits per heavy atom. The number of methoxy groups -OCH3 is 1. The molecule has 0 aromatic rings. The summed E-state index contributed by atoms with van der Waals surface area (Å²) in [6, 6.07) is 0.386. The average molecular weight is 217 g/mol. The fourth-order valence-corrected chi connectivity index (χ4v) is 1.29. The minimum atomic E-state index is -0.112. The molecule has 1 N–H and O–H groups in total. The molecule has 90 valence electrons. The monoisotopic (exact) mass is 217 g/mol. The Labute approximate surface area is 92.3 Å². The van der Waals surface area contributed by atoms with Gasteiger partial charge in [0.15, 0.2) is 0 Å². The van der Waals surface area contributed by atoms with Crippen molar-refractivity contribution in [2.75, 3.05) is 26.9 Å². The van der Waals surface area contributed by atoms with Gasteiger partial charge in [0, 0.05) is 19.6 Å². The van der Waals surface area contributed by atoms with Gasteiger partial charge in [0.05, 0.1) is 13.2 Å². The summed E-state index contributed by atoms with van der Waals surface area (Å²) in [6.07, 6.45) is 2.34. The summed E-state index contributed by atoms with van der Waals surface area (Å²) in [7, 11) is 1.70. The quantitative estimate of drug-likeness (QED) is 0.468. The van der Waals surface area contributed by atoms with E-state index < -0.39 is 0 Å². The van der Waals surface area contributed by atoms with E-state index in [1.54, 1.807) is 7.11 Å². The lowest BCUT2D eigenvalue weighted by molar-refractivity contribution is -0.143. The number of carbonyl (C=O) groups excluding carboxylic acids is 1. The average Bonchev–Trinajstić information content (AvgIpc) is 2.23. The Morgan fingerprint density at radius 1 is 1.40 bits per heavy atom. The SMILES string of the molecule is CCOC(=O)CCCNC(CC)COC. The maximum Gasteiger partial charge on any atom is 0.305 e. The second-order valence-electron chi connectivity index (χ2n) is 3.42. The molecular formula is C11H23NO3. The normalized spacial score (nSPS) is 12.5. The van der Waals surface area contributed by atoms with Gasteiger partial charge in [-0.2, -0.15) is 0 Å². The third kappa shape index (κ3) is 8.39. The second kappa shape index (κ2) is 9.93. The van der Waals surface area contributed by atoms with E-state index in [2.05, 4.69) is 12.2 Å². The number of ether oxygens (including phenoxy) is 2. The van der Waals surface area contributed by atoms with Crippen molar-refractivity contribution < 1.29 is 14.3 Å². The Morgan fingerprint density at radius 3 is 2.67 bits per heavy atom. The molecule has 0 radical (unpaired) electrons. The maximum atomic E-state index is 11.0. The zero-order valence-corrected chi connectivity index (χ0v) is 10.0. The lowest BCUT2D eigenvalue weighted by Gasteiger charge is -2.15. The van der Waals surface area contributed by atoms with Crippen molar-refractivity contribution >= 4 is 5.97 Å². The summed E-state index contributed by atoms with van der Waals surface area (Å²) in [5.41, 5.74) is 0. The minimum absolute atomic E-state index is 0.112. The zero-order chi connectivity index (χ0) is 11.5. The van der Waals surface area contributed by atoms with Crippen molar-refractivity contribution in [3.05, 3.63) is 0 Å². The third-order valence-electron chi connectivity index (χ3n) is 2.16. The Kier molecular flexibility index (Phi) is 9.52. The van der Waals surface area contributed by atoms with Gasteiger partial charge in [-0.25, -0.2) is 0 Å². The lowest BCUT2D eigenvalue weighted by atomic mass is 10.2. The first kappa shape index (κ1) is 14.4. The van der Waals surface area contributed by atoms with Crippen LogP contribution in [0.15, 0.2) is 0 Å². The molecule has 0 rings (SSSR count). The molecule has 1 unspecified atom stereocenters. The lowest BCUT2D eigenvalue weighted by Crippen LogP contribution is -2.33. The van der Waals surface area contributed by atoms with Gasteiger partial charge in [-0.05, 0) is 26.3 Å². The molecule has 0 fully saturated rings. The van der Waals surface area contributed by atoms with Crippen molar-refractivity contribution in [2.24, 2.45) is 0 Å². The third-order valence-corrected chi connectivity index (χ3v) is 2.16. The predicted octanol–water partition coefficient (Wildman–Crippen LogP) is 1.34. The number of hydrogen-bond acceptors (Lipinski definition) is 4. The first-order valence-corrected chi connectivity index (χ1v) is 5.62. The van der Waals surface area contributed by atoms with E-state index in [0.29, 0.717) is 19.1 Å². The fraction of sp³-hybridized carbons (Fsp3) is 0.909. The molecule has 15 heavy (non-hydrogen) atoms. The van der Waals surface area contributed by atoms with Gasteiger partial charge >= 0.3 is 5.97 Å². The Bertz CT molecular complexity index is 162. The molecule has 1 atom stereocenters. The molecular weight excluding hydrogens is 194 g/mol. The summed E-state index contributed by atoms with van der Waals surface area (Å²) >= 11 is 0. The first-order valence-electron chi connectivity index (χ1n) is 5.62. The summed E-state index contributed by atoms with van der Waals surface area (Å²) in [4.78, 5) is 11.0. The molecule has 0 aliphatic heterocycles. The highest BCUT2D eigenvalue weighted by Gasteiger charge is 2.05. The molecule has 0 saturated carbocycles. The van der Waals surface area contributed by atoms with Crippen LogP contribution in [0.4, 0.5) is 0 Å². The molecule has 0 aliphatic carbocycles. The van der Waals surface area contributed by atoms with E-state index in [1.165, 1.54) is 0 Å². The molecule has 0 spiro atoms. The molecule has 0 aromatic heterocycles. The van der Waals surface area contributed by atoms with Gasteiger partial charge in [0.1, 0.15) is 0 Å². The van der Waals surface area contributed by atoms with Crippen LogP contribution in [0.3, 0.4) is 0 Å². The van der Waals surface area contributed by atoms with Gasteiger partial charge in [-0.3, -0.25) is 4.79 Å².